The molecular formula is C27H26N2O5. The molecule has 0 unspecified atom stereocenters. The molecule has 34 heavy (non-hydrogen) atoms. The molecule has 7 heteroatoms. The number of benzene rings is 3. The number of carbonyl (C=O) groups is 3. The van der Waals surface area contributed by atoms with Crippen molar-refractivity contribution in [3.8, 4) is 11.1 Å². The molecule has 4 rings (SSSR count). The van der Waals surface area contributed by atoms with Gasteiger partial charge in [-0.15, -0.1) is 0 Å². The summed E-state index contributed by atoms with van der Waals surface area (Å²) in [6, 6.07) is 22.5. The summed E-state index contributed by atoms with van der Waals surface area (Å²) in [7, 11) is 0. The molecule has 1 aliphatic carbocycles. The van der Waals surface area contributed by atoms with Crippen LogP contribution in [0.25, 0.3) is 11.1 Å². The van der Waals surface area contributed by atoms with Gasteiger partial charge in [-0.1, -0.05) is 72.8 Å². The predicted molar refractivity (Wildman–Crippen MR) is 127 cm³/mol. The number of rotatable bonds is 8. The third-order valence-electron chi connectivity index (χ3n) is 5.98. The van der Waals surface area contributed by atoms with Gasteiger partial charge < -0.3 is 20.5 Å². The number of ether oxygens (including phenoxy) is 1. The summed E-state index contributed by atoms with van der Waals surface area (Å²) in [5.74, 6) is -1.52. The van der Waals surface area contributed by atoms with Crippen LogP contribution in [0.5, 0.6) is 0 Å². The van der Waals surface area contributed by atoms with Crippen molar-refractivity contribution < 1.29 is 24.2 Å². The van der Waals surface area contributed by atoms with E-state index >= 15 is 0 Å². The highest BCUT2D eigenvalue weighted by Gasteiger charge is 2.29. The van der Waals surface area contributed by atoms with Crippen molar-refractivity contribution in [3.63, 3.8) is 0 Å². The fourth-order valence-electron chi connectivity index (χ4n) is 4.25. The van der Waals surface area contributed by atoms with Crippen LogP contribution in [0.2, 0.25) is 0 Å². The minimum atomic E-state index is -1.10. The quantitative estimate of drug-likeness (QED) is 0.476. The zero-order valence-corrected chi connectivity index (χ0v) is 18.8. The number of amides is 2. The molecule has 0 aliphatic heterocycles. The molecule has 0 saturated carbocycles. The minimum Gasteiger partial charge on any atom is -0.480 e. The molecule has 0 bridgehead atoms. The fraction of sp³-hybridized carbons (Fsp3) is 0.222. The molecule has 3 N–H and O–H groups in total. The van der Waals surface area contributed by atoms with Crippen molar-refractivity contribution in [3.05, 3.63) is 95.1 Å². The zero-order chi connectivity index (χ0) is 24.1. The van der Waals surface area contributed by atoms with Gasteiger partial charge in [0, 0.05) is 12.5 Å². The lowest BCUT2D eigenvalue weighted by atomic mass is 9.98. The first kappa shape index (κ1) is 23.0. The lowest BCUT2D eigenvalue weighted by molar-refractivity contribution is -0.141. The SMILES string of the molecule is C[C@@H](NC(=O)Cc1ccccc1CNC(=O)OCC1c2ccccc2-c2ccccc21)C(=O)O. The van der Waals surface area contributed by atoms with E-state index in [0.29, 0.717) is 5.56 Å². The van der Waals surface area contributed by atoms with Crippen LogP contribution in [0.15, 0.2) is 72.8 Å². The number of hydrogen-bond acceptors (Lipinski definition) is 4. The molecule has 3 aromatic rings. The number of hydrogen-bond donors (Lipinski definition) is 3. The molecule has 0 saturated heterocycles. The Bertz CT molecular complexity index is 1180. The van der Waals surface area contributed by atoms with Gasteiger partial charge in [0.1, 0.15) is 12.6 Å². The van der Waals surface area contributed by atoms with Crippen molar-refractivity contribution in [2.75, 3.05) is 6.61 Å². The van der Waals surface area contributed by atoms with Crippen molar-refractivity contribution >= 4 is 18.0 Å². The normalized spacial score (nSPS) is 12.9. The van der Waals surface area contributed by atoms with Crippen LogP contribution in [0, 0.1) is 0 Å². The summed E-state index contributed by atoms with van der Waals surface area (Å²) in [5.41, 5.74) is 6.07. The minimum absolute atomic E-state index is 0.0141. The Hall–Kier alpha value is -4.13. The van der Waals surface area contributed by atoms with Crippen LogP contribution >= 0.6 is 0 Å². The van der Waals surface area contributed by atoms with Gasteiger partial charge in [0.15, 0.2) is 0 Å². The van der Waals surface area contributed by atoms with Crippen LogP contribution in [0.1, 0.15) is 35.1 Å². The zero-order valence-electron chi connectivity index (χ0n) is 18.8. The first-order valence-electron chi connectivity index (χ1n) is 11.1. The second-order valence-electron chi connectivity index (χ2n) is 8.25. The number of fused-ring (bicyclic) bond motifs is 3. The number of aliphatic carboxylic acids is 1. The summed E-state index contributed by atoms with van der Waals surface area (Å²) in [6.07, 6.45) is -0.527. The topological polar surface area (TPSA) is 105 Å². The Morgan fingerprint density at radius 3 is 2.06 bits per heavy atom. The maximum atomic E-state index is 12.5. The first-order chi connectivity index (χ1) is 16.4. The van der Waals surface area contributed by atoms with Gasteiger partial charge in [0.25, 0.3) is 0 Å². The number of alkyl carbamates (subject to hydrolysis) is 1. The fourth-order valence-corrected chi connectivity index (χ4v) is 4.25. The molecule has 0 fully saturated rings. The van der Waals surface area contributed by atoms with Crippen molar-refractivity contribution in [1.29, 1.82) is 0 Å². The van der Waals surface area contributed by atoms with E-state index in [2.05, 4.69) is 34.9 Å². The van der Waals surface area contributed by atoms with Gasteiger partial charge in [-0.2, -0.15) is 0 Å². The second kappa shape index (κ2) is 10.2. The molecule has 1 atom stereocenters. The summed E-state index contributed by atoms with van der Waals surface area (Å²) in [6.45, 7) is 1.82. The smallest absolute Gasteiger partial charge is 0.407 e. The summed E-state index contributed by atoms with van der Waals surface area (Å²) in [5, 5.41) is 14.2. The van der Waals surface area contributed by atoms with Gasteiger partial charge >= 0.3 is 12.1 Å². The highest BCUT2D eigenvalue weighted by molar-refractivity contribution is 5.84. The van der Waals surface area contributed by atoms with E-state index in [1.54, 1.807) is 12.1 Å². The molecular weight excluding hydrogens is 432 g/mol. The van der Waals surface area contributed by atoms with E-state index in [9.17, 15) is 14.4 Å². The largest absolute Gasteiger partial charge is 0.480 e. The third kappa shape index (κ3) is 5.09. The first-order valence-corrected chi connectivity index (χ1v) is 11.1. The van der Waals surface area contributed by atoms with Crippen LogP contribution < -0.4 is 10.6 Å². The van der Waals surface area contributed by atoms with E-state index < -0.39 is 24.0 Å². The van der Waals surface area contributed by atoms with E-state index in [1.165, 1.54) is 6.92 Å². The Balaban J connectivity index is 1.35. The highest BCUT2D eigenvalue weighted by atomic mass is 16.5. The van der Waals surface area contributed by atoms with Crippen molar-refractivity contribution in [2.45, 2.75) is 31.8 Å². The monoisotopic (exact) mass is 458 g/mol. The Morgan fingerprint density at radius 1 is 0.882 bits per heavy atom. The number of carbonyl (C=O) groups excluding carboxylic acids is 2. The van der Waals surface area contributed by atoms with Crippen molar-refractivity contribution in [1.82, 2.24) is 10.6 Å². The maximum absolute atomic E-state index is 12.5. The Kier molecular flexibility index (Phi) is 6.92. The van der Waals surface area contributed by atoms with Gasteiger partial charge in [0.2, 0.25) is 5.91 Å². The molecule has 7 nitrogen and oxygen atoms in total. The van der Waals surface area contributed by atoms with Crippen LogP contribution in [0.3, 0.4) is 0 Å². The highest BCUT2D eigenvalue weighted by Crippen LogP contribution is 2.44. The Labute approximate surface area is 197 Å². The molecule has 0 radical (unpaired) electrons. The third-order valence-corrected chi connectivity index (χ3v) is 5.98. The van der Waals surface area contributed by atoms with E-state index in [4.69, 9.17) is 9.84 Å². The molecule has 0 spiro atoms. The summed E-state index contributed by atoms with van der Waals surface area (Å²) < 4.78 is 5.57. The van der Waals surface area contributed by atoms with Gasteiger partial charge in [-0.05, 0) is 40.3 Å². The van der Waals surface area contributed by atoms with Crippen LogP contribution in [0.4, 0.5) is 4.79 Å². The number of nitrogens with one attached hydrogen (secondary N) is 2. The molecule has 174 valence electrons. The van der Waals surface area contributed by atoms with Gasteiger partial charge in [-0.25, -0.2) is 4.79 Å². The average molecular weight is 459 g/mol. The average Bonchev–Trinajstić information content (AvgIpc) is 3.15. The molecule has 3 aromatic carbocycles. The molecule has 2 amide bonds. The summed E-state index contributed by atoms with van der Waals surface area (Å²) >= 11 is 0. The molecule has 1 aliphatic rings. The summed E-state index contributed by atoms with van der Waals surface area (Å²) in [4.78, 5) is 35.6. The van der Waals surface area contributed by atoms with E-state index in [1.807, 2.05) is 36.4 Å². The Morgan fingerprint density at radius 2 is 1.44 bits per heavy atom. The lowest BCUT2D eigenvalue weighted by Crippen LogP contribution is -2.39. The van der Waals surface area contributed by atoms with Crippen LogP contribution in [-0.4, -0.2) is 35.7 Å². The lowest BCUT2D eigenvalue weighted by Gasteiger charge is -2.15. The molecule has 0 aromatic heterocycles. The van der Waals surface area contributed by atoms with Crippen LogP contribution in [-0.2, 0) is 27.3 Å². The number of carboxylic acids is 1. The second-order valence-corrected chi connectivity index (χ2v) is 8.25. The number of carboxylic acid groups (broad SMARTS) is 1. The van der Waals surface area contributed by atoms with Gasteiger partial charge in [0.05, 0.1) is 6.42 Å². The van der Waals surface area contributed by atoms with E-state index in [0.717, 1.165) is 27.8 Å². The molecule has 0 heterocycles. The van der Waals surface area contributed by atoms with Gasteiger partial charge in [-0.3, -0.25) is 9.59 Å². The predicted octanol–water partition coefficient (Wildman–Crippen LogP) is 3.86. The van der Waals surface area contributed by atoms with Crippen molar-refractivity contribution in [2.24, 2.45) is 0 Å². The maximum Gasteiger partial charge on any atom is 0.407 e. The standard InChI is InChI=1S/C27H26N2O5/c1-17(26(31)32)29-25(30)14-18-8-2-3-9-19(18)15-28-27(33)34-16-24-22-12-6-4-10-20(22)21-11-5-7-13-23(21)24/h2-13,17,24H,14-16H2,1H3,(H,28,33)(H,29,30)(H,31,32)/t17-/m1/s1. The van der Waals surface area contributed by atoms with E-state index in [-0.39, 0.29) is 25.5 Å².